The van der Waals surface area contributed by atoms with Crippen LogP contribution in [0.25, 0.3) is 0 Å². The second-order valence-electron chi connectivity index (χ2n) is 5.83. The van der Waals surface area contributed by atoms with Crippen molar-refractivity contribution in [1.29, 1.82) is 0 Å². The summed E-state index contributed by atoms with van der Waals surface area (Å²) in [5.74, 6) is 1.51. The topological polar surface area (TPSA) is 82.8 Å². The average Bonchev–Trinajstić information content (AvgIpc) is 2.60. The van der Waals surface area contributed by atoms with E-state index in [-0.39, 0.29) is 30.3 Å². The van der Waals surface area contributed by atoms with Gasteiger partial charge in [-0.05, 0) is 37.8 Å². The van der Waals surface area contributed by atoms with Crippen molar-refractivity contribution in [2.45, 2.75) is 31.9 Å². The van der Waals surface area contributed by atoms with E-state index in [9.17, 15) is 4.79 Å². The summed E-state index contributed by atoms with van der Waals surface area (Å²) in [6.07, 6.45) is 1.52. The first-order valence-electron chi connectivity index (χ1n) is 8.02. The second-order valence-corrected chi connectivity index (χ2v) is 5.83. The Balaban J connectivity index is 0.00000288. The molecule has 2 atom stereocenters. The molecule has 0 spiro atoms. The summed E-state index contributed by atoms with van der Waals surface area (Å²) in [7, 11) is 1.61. The molecule has 1 fully saturated rings. The Morgan fingerprint density at radius 2 is 2.04 bits per heavy atom. The maximum absolute atomic E-state index is 12.1. The van der Waals surface area contributed by atoms with Crippen molar-refractivity contribution in [3.63, 3.8) is 0 Å². The third kappa shape index (κ3) is 6.19. The van der Waals surface area contributed by atoms with E-state index >= 15 is 0 Å². The van der Waals surface area contributed by atoms with Crippen molar-refractivity contribution in [1.82, 2.24) is 5.32 Å². The number of nitrogens with one attached hydrogen (secondary N) is 1. The van der Waals surface area contributed by atoms with Gasteiger partial charge in [0.25, 0.3) is 0 Å². The third-order valence-corrected chi connectivity index (χ3v) is 4.02. The Hall–Kier alpha value is -1.50. The highest BCUT2D eigenvalue weighted by Crippen LogP contribution is 2.20. The SMILES string of the molecule is COc1cccc(OC(C)CNC(=O)C(N)C2CCOCC2)c1.Cl. The molecule has 2 unspecified atom stereocenters. The molecule has 1 amide bonds. The Labute approximate surface area is 149 Å². The van der Waals surface area contributed by atoms with E-state index in [1.165, 1.54) is 0 Å². The first-order chi connectivity index (χ1) is 11.1. The molecule has 3 N–H and O–H groups in total. The number of amides is 1. The summed E-state index contributed by atoms with van der Waals surface area (Å²) in [6, 6.07) is 6.90. The lowest BCUT2D eigenvalue weighted by Gasteiger charge is -2.27. The number of nitrogens with two attached hydrogens (primary N) is 1. The quantitative estimate of drug-likeness (QED) is 0.776. The highest BCUT2D eigenvalue weighted by molar-refractivity contribution is 5.85. The minimum Gasteiger partial charge on any atom is -0.497 e. The van der Waals surface area contributed by atoms with Gasteiger partial charge in [0.05, 0.1) is 19.7 Å². The number of carbonyl (C=O) groups is 1. The van der Waals surface area contributed by atoms with Gasteiger partial charge in [0.15, 0.2) is 0 Å². The highest BCUT2D eigenvalue weighted by atomic mass is 35.5. The number of ether oxygens (including phenoxy) is 3. The van der Waals surface area contributed by atoms with Crippen molar-refractivity contribution in [2.24, 2.45) is 11.7 Å². The van der Waals surface area contributed by atoms with Crippen LogP contribution in [0.4, 0.5) is 0 Å². The summed E-state index contributed by atoms with van der Waals surface area (Å²) in [4.78, 5) is 12.1. The van der Waals surface area contributed by atoms with Crippen molar-refractivity contribution in [3.8, 4) is 11.5 Å². The average molecular weight is 359 g/mol. The van der Waals surface area contributed by atoms with Crippen molar-refractivity contribution >= 4 is 18.3 Å². The molecule has 1 aromatic rings. The van der Waals surface area contributed by atoms with Gasteiger partial charge in [-0.25, -0.2) is 0 Å². The zero-order valence-corrected chi connectivity index (χ0v) is 15.0. The van der Waals surface area contributed by atoms with Crippen molar-refractivity contribution < 1.29 is 19.0 Å². The molecule has 1 saturated heterocycles. The molecule has 2 rings (SSSR count). The molecule has 0 bridgehead atoms. The van der Waals surface area contributed by atoms with Gasteiger partial charge < -0.3 is 25.3 Å². The van der Waals surface area contributed by atoms with Crippen LogP contribution in [0.2, 0.25) is 0 Å². The zero-order chi connectivity index (χ0) is 16.7. The lowest BCUT2D eigenvalue weighted by molar-refractivity contribution is -0.124. The van der Waals surface area contributed by atoms with Gasteiger partial charge in [0.2, 0.25) is 5.91 Å². The molecular weight excluding hydrogens is 332 g/mol. The highest BCUT2D eigenvalue weighted by Gasteiger charge is 2.26. The van der Waals surface area contributed by atoms with Crippen LogP contribution in [0.15, 0.2) is 24.3 Å². The van der Waals surface area contributed by atoms with E-state index in [1.54, 1.807) is 7.11 Å². The van der Waals surface area contributed by atoms with Crippen LogP contribution in [0, 0.1) is 5.92 Å². The van der Waals surface area contributed by atoms with E-state index in [0.29, 0.717) is 25.5 Å². The van der Waals surface area contributed by atoms with Crippen LogP contribution in [0.1, 0.15) is 19.8 Å². The van der Waals surface area contributed by atoms with Gasteiger partial charge >= 0.3 is 0 Å². The summed E-state index contributed by atoms with van der Waals surface area (Å²) in [5, 5.41) is 2.87. The van der Waals surface area contributed by atoms with Crippen LogP contribution in [0.3, 0.4) is 0 Å². The summed E-state index contributed by atoms with van der Waals surface area (Å²) in [5.41, 5.74) is 6.04. The Bertz CT molecular complexity index is 509. The number of methoxy groups -OCH3 is 1. The van der Waals surface area contributed by atoms with Crippen LogP contribution in [-0.4, -0.2) is 44.9 Å². The van der Waals surface area contributed by atoms with Crippen LogP contribution >= 0.6 is 12.4 Å². The molecule has 1 heterocycles. The van der Waals surface area contributed by atoms with Gasteiger partial charge in [-0.3, -0.25) is 4.79 Å². The largest absolute Gasteiger partial charge is 0.497 e. The molecule has 0 radical (unpaired) electrons. The molecule has 1 aromatic carbocycles. The van der Waals surface area contributed by atoms with E-state index in [0.717, 1.165) is 18.6 Å². The Morgan fingerprint density at radius 1 is 1.38 bits per heavy atom. The lowest BCUT2D eigenvalue weighted by atomic mass is 9.92. The van der Waals surface area contributed by atoms with E-state index in [1.807, 2.05) is 31.2 Å². The number of halogens is 1. The monoisotopic (exact) mass is 358 g/mol. The predicted molar refractivity (Wildman–Crippen MR) is 94.9 cm³/mol. The smallest absolute Gasteiger partial charge is 0.237 e. The molecular formula is C17H27ClN2O4. The minimum absolute atomic E-state index is 0. The molecule has 0 saturated carbocycles. The fraction of sp³-hybridized carbons (Fsp3) is 0.588. The van der Waals surface area contributed by atoms with Crippen molar-refractivity contribution in [2.75, 3.05) is 26.9 Å². The zero-order valence-electron chi connectivity index (χ0n) is 14.2. The number of rotatable bonds is 7. The maximum atomic E-state index is 12.1. The summed E-state index contributed by atoms with van der Waals surface area (Å²) < 4.78 is 16.2. The minimum atomic E-state index is -0.483. The van der Waals surface area contributed by atoms with Gasteiger partial charge in [-0.1, -0.05) is 6.07 Å². The number of carbonyl (C=O) groups excluding carboxylic acids is 1. The van der Waals surface area contributed by atoms with Gasteiger partial charge in [-0.2, -0.15) is 0 Å². The summed E-state index contributed by atoms with van der Waals surface area (Å²) in [6.45, 7) is 3.68. The Morgan fingerprint density at radius 3 is 2.71 bits per heavy atom. The number of hydrogen-bond donors (Lipinski definition) is 2. The molecule has 0 aromatic heterocycles. The third-order valence-electron chi connectivity index (χ3n) is 4.02. The van der Waals surface area contributed by atoms with Gasteiger partial charge in [0, 0.05) is 19.3 Å². The van der Waals surface area contributed by atoms with E-state index in [4.69, 9.17) is 19.9 Å². The van der Waals surface area contributed by atoms with Gasteiger partial charge in [0.1, 0.15) is 17.6 Å². The first kappa shape index (κ1) is 20.5. The molecule has 1 aliphatic rings. The first-order valence-corrected chi connectivity index (χ1v) is 8.02. The predicted octanol–water partition coefficient (Wildman–Crippen LogP) is 1.75. The molecule has 7 heteroatoms. The molecule has 136 valence electrons. The molecule has 24 heavy (non-hydrogen) atoms. The lowest BCUT2D eigenvalue weighted by Crippen LogP contribution is -2.48. The molecule has 1 aliphatic heterocycles. The van der Waals surface area contributed by atoms with Crippen LogP contribution in [0.5, 0.6) is 11.5 Å². The maximum Gasteiger partial charge on any atom is 0.237 e. The Kier molecular flexibility index (Phi) is 8.89. The fourth-order valence-corrected chi connectivity index (χ4v) is 2.60. The fourth-order valence-electron chi connectivity index (χ4n) is 2.60. The molecule has 0 aliphatic carbocycles. The standard InChI is InChI=1S/C17H26N2O4.ClH/c1-12(23-15-5-3-4-14(10-15)21-2)11-19-17(20)16(18)13-6-8-22-9-7-13;/h3-5,10,12-13,16H,6-9,11,18H2,1-2H3,(H,19,20);1H. The van der Waals surface area contributed by atoms with Crippen LogP contribution < -0.4 is 20.5 Å². The summed E-state index contributed by atoms with van der Waals surface area (Å²) >= 11 is 0. The van der Waals surface area contributed by atoms with Crippen molar-refractivity contribution in [3.05, 3.63) is 24.3 Å². The molecule has 6 nitrogen and oxygen atoms in total. The van der Waals surface area contributed by atoms with E-state index < -0.39 is 6.04 Å². The van der Waals surface area contributed by atoms with Crippen LogP contribution in [-0.2, 0) is 9.53 Å². The second kappa shape index (κ2) is 10.4. The normalized spacial score (nSPS) is 17.3. The number of hydrogen-bond acceptors (Lipinski definition) is 5. The van der Waals surface area contributed by atoms with E-state index in [2.05, 4.69) is 5.32 Å². The number of benzene rings is 1. The van der Waals surface area contributed by atoms with Gasteiger partial charge in [-0.15, -0.1) is 12.4 Å².